The maximum atomic E-state index is 12.6. The SMILES string of the molecule is CC(C)c1cc(Br)ccc1OCC(=O)Nc1cccc(C(=O)N2CCOCC2)c1. The van der Waals surface area contributed by atoms with Gasteiger partial charge in [-0.1, -0.05) is 35.8 Å². The van der Waals surface area contributed by atoms with Crippen molar-refractivity contribution in [2.45, 2.75) is 19.8 Å². The molecule has 0 unspecified atom stereocenters. The van der Waals surface area contributed by atoms with Gasteiger partial charge in [0.15, 0.2) is 6.61 Å². The summed E-state index contributed by atoms with van der Waals surface area (Å²) in [5.41, 5.74) is 2.14. The molecule has 154 valence electrons. The maximum absolute atomic E-state index is 12.6. The number of nitrogens with zero attached hydrogens (tertiary/aromatic N) is 1. The number of morpholine rings is 1. The Morgan fingerprint density at radius 3 is 2.66 bits per heavy atom. The molecular weight excluding hydrogens is 436 g/mol. The Bertz CT molecular complexity index is 879. The highest BCUT2D eigenvalue weighted by Crippen LogP contribution is 2.29. The Kier molecular flexibility index (Phi) is 7.28. The summed E-state index contributed by atoms with van der Waals surface area (Å²) in [6.07, 6.45) is 0. The zero-order chi connectivity index (χ0) is 20.8. The largest absolute Gasteiger partial charge is 0.483 e. The minimum absolute atomic E-state index is 0.0583. The molecule has 0 aliphatic carbocycles. The van der Waals surface area contributed by atoms with Crippen LogP contribution in [0.25, 0.3) is 0 Å². The highest BCUT2D eigenvalue weighted by Gasteiger charge is 2.19. The summed E-state index contributed by atoms with van der Waals surface area (Å²) < 4.78 is 12.0. The lowest BCUT2D eigenvalue weighted by Crippen LogP contribution is -2.40. The quantitative estimate of drug-likeness (QED) is 0.705. The Hall–Kier alpha value is -2.38. The number of anilines is 1. The summed E-state index contributed by atoms with van der Waals surface area (Å²) in [5.74, 6) is 0.624. The van der Waals surface area contributed by atoms with E-state index in [1.807, 2.05) is 18.2 Å². The van der Waals surface area contributed by atoms with Crippen LogP contribution in [0.3, 0.4) is 0 Å². The minimum Gasteiger partial charge on any atom is -0.483 e. The number of benzene rings is 2. The van der Waals surface area contributed by atoms with Crippen LogP contribution in [0, 0.1) is 0 Å². The molecule has 0 spiro atoms. The highest BCUT2D eigenvalue weighted by atomic mass is 79.9. The normalized spacial score (nSPS) is 14.0. The second-order valence-electron chi connectivity index (χ2n) is 7.16. The molecule has 0 bridgehead atoms. The summed E-state index contributed by atoms with van der Waals surface area (Å²) in [5, 5.41) is 2.80. The zero-order valence-electron chi connectivity index (χ0n) is 16.6. The van der Waals surface area contributed by atoms with Crippen LogP contribution in [0.1, 0.15) is 35.7 Å². The lowest BCUT2D eigenvalue weighted by Gasteiger charge is -2.27. The van der Waals surface area contributed by atoms with Crippen molar-refractivity contribution < 1.29 is 19.1 Å². The van der Waals surface area contributed by atoms with Crippen LogP contribution < -0.4 is 10.1 Å². The molecule has 6 nitrogen and oxygen atoms in total. The Labute approximate surface area is 179 Å². The molecule has 0 saturated carbocycles. The van der Waals surface area contributed by atoms with Gasteiger partial charge in [-0.05, 0) is 47.9 Å². The van der Waals surface area contributed by atoms with E-state index in [0.717, 1.165) is 10.0 Å². The van der Waals surface area contributed by atoms with Crippen LogP contribution in [-0.2, 0) is 9.53 Å². The average molecular weight is 461 g/mol. The third-order valence-corrected chi connectivity index (χ3v) is 5.14. The van der Waals surface area contributed by atoms with Crippen LogP contribution in [0.5, 0.6) is 5.75 Å². The van der Waals surface area contributed by atoms with Crippen LogP contribution >= 0.6 is 15.9 Å². The molecule has 1 aliphatic heterocycles. The summed E-state index contributed by atoms with van der Waals surface area (Å²) in [6, 6.07) is 12.7. The van der Waals surface area contributed by atoms with Crippen molar-refractivity contribution in [2.24, 2.45) is 0 Å². The molecule has 3 rings (SSSR count). The highest BCUT2D eigenvalue weighted by molar-refractivity contribution is 9.10. The van der Waals surface area contributed by atoms with Gasteiger partial charge < -0.3 is 19.7 Å². The first-order valence-corrected chi connectivity index (χ1v) is 10.4. The van der Waals surface area contributed by atoms with Gasteiger partial charge in [0.25, 0.3) is 11.8 Å². The van der Waals surface area contributed by atoms with Crippen LogP contribution in [-0.4, -0.2) is 49.6 Å². The molecule has 2 amide bonds. The van der Waals surface area contributed by atoms with Gasteiger partial charge in [0.1, 0.15) is 5.75 Å². The molecule has 0 aromatic heterocycles. The van der Waals surface area contributed by atoms with Crippen molar-refractivity contribution in [3.8, 4) is 5.75 Å². The number of hydrogen-bond donors (Lipinski definition) is 1. The molecular formula is C22H25BrN2O4. The van der Waals surface area contributed by atoms with Crippen LogP contribution in [0.4, 0.5) is 5.69 Å². The van der Waals surface area contributed by atoms with Gasteiger partial charge in [-0.2, -0.15) is 0 Å². The summed E-state index contributed by atoms with van der Waals surface area (Å²) in [4.78, 5) is 26.7. The van der Waals surface area contributed by atoms with E-state index >= 15 is 0 Å². The standard InChI is InChI=1S/C22H25BrN2O4/c1-15(2)19-13-17(23)6-7-20(19)29-14-21(26)24-18-5-3-4-16(12-18)22(27)25-8-10-28-11-9-25/h3-7,12-13,15H,8-11,14H2,1-2H3,(H,24,26). The molecule has 0 radical (unpaired) electrons. The molecule has 29 heavy (non-hydrogen) atoms. The lowest BCUT2D eigenvalue weighted by molar-refractivity contribution is -0.118. The zero-order valence-corrected chi connectivity index (χ0v) is 18.2. The Morgan fingerprint density at radius 2 is 1.93 bits per heavy atom. The molecule has 7 heteroatoms. The molecule has 2 aromatic rings. The van der Waals surface area contributed by atoms with Crippen molar-refractivity contribution in [2.75, 3.05) is 38.2 Å². The predicted octanol–water partition coefficient (Wildman–Crippen LogP) is 4.06. The van der Waals surface area contributed by atoms with Crippen LogP contribution in [0.2, 0.25) is 0 Å². The number of amides is 2. The molecule has 1 saturated heterocycles. The number of carbonyl (C=O) groups is 2. The third kappa shape index (κ3) is 5.81. The fraction of sp³-hybridized carbons (Fsp3) is 0.364. The van der Waals surface area contributed by atoms with E-state index in [0.29, 0.717) is 43.3 Å². The third-order valence-electron chi connectivity index (χ3n) is 4.64. The van der Waals surface area contributed by atoms with Crippen molar-refractivity contribution in [1.29, 1.82) is 0 Å². The van der Waals surface area contributed by atoms with E-state index in [4.69, 9.17) is 9.47 Å². The Morgan fingerprint density at radius 1 is 1.17 bits per heavy atom. The fourth-order valence-corrected chi connectivity index (χ4v) is 3.50. The number of ether oxygens (including phenoxy) is 2. The van der Waals surface area contributed by atoms with E-state index in [1.54, 1.807) is 29.2 Å². The van der Waals surface area contributed by atoms with Gasteiger partial charge in [0.2, 0.25) is 0 Å². The van der Waals surface area contributed by atoms with Crippen molar-refractivity contribution in [3.05, 3.63) is 58.1 Å². The smallest absolute Gasteiger partial charge is 0.262 e. The van der Waals surface area contributed by atoms with Crippen molar-refractivity contribution in [3.63, 3.8) is 0 Å². The molecule has 2 aromatic carbocycles. The van der Waals surface area contributed by atoms with Gasteiger partial charge in [-0.3, -0.25) is 9.59 Å². The van der Waals surface area contributed by atoms with Crippen molar-refractivity contribution >= 4 is 33.4 Å². The van der Waals surface area contributed by atoms with Gasteiger partial charge in [-0.15, -0.1) is 0 Å². The summed E-state index contributed by atoms with van der Waals surface area (Å²) in [7, 11) is 0. The van der Waals surface area contributed by atoms with E-state index in [-0.39, 0.29) is 24.3 Å². The predicted molar refractivity (Wildman–Crippen MR) is 116 cm³/mol. The van der Waals surface area contributed by atoms with E-state index < -0.39 is 0 Å². The van der Waals surface area contributed by atoms with Gasteiger partial charge >= 0.3 is 0 Å². The van der Waals surface area contributed by atoms with E-state index in [2.05, 4.69) is 35.1 Å². The first-order valence-electron chi connectivity index (χ1n) is 9.63. The van der Waals surface area contributed by atoms with Crippen LogP contribution in [0.15, 0.2) is 46.9 Å². The summed E-state index contributed by atoms with van der Waals surface area (Å²) >= 11 is 3.46. The van der Waals surface area contributed by atoms with Gasteiger partial charge in [0.05, 0.1) is 13.2 Å². The molecule has 0 atom stereocenters. The number of halogens is 1. The van der Waals surface area contributed by atoms with E-state index in [1.165, 1.54) is 0 Å². The molecule has 1 heterocycles. The number of rotatable bonds is 6. The van der Waals surface area contributed by atoms with Gasteiger partial charge in [-0.25, -0.2) is 0 Å². The maximum Gasteiger partial charge on any atom is 0.262 e. The fourth-order valence-electron chi connectivity index (χ4n) is 3.12. The topological polar surface area (TPSA) is 67.9 Å². The molecule has 1 fully saturated rings. The monoisotopic (exact) mass is 460 g/mol. The average Bonchev–Trinajstić information content (AvgIpc) is 2.73. The molecule has 1 N–H and O–H groups in total. The number of hydrogen-bond acceptors (Lipinski definition) is 4. The Balaban J connectivity index is 1.61. The minimum atomic E-state index is -0.279. The van der Waals surface area contributed by atoms with E-state index in [9.17, 15) is 9.59 Å². The number of nitrogens with one attached hydrogen (secondary N) is 1. The summed E-state index contributed by atoms with van der Waals surface area (Å²) in [6.45, 7) is 6.30. The second kappa shape index (κ2) is 9.89. The second-order valence-corrected chi connectivity index (χ2v) is 8.07. The lowest BCUT2D eigenvalue weighted by atomic mass is 10.0. The first kappa shape index (κ1) is 21.3. The molecule has 1 aliphatic rings. The first-order chi connectivity index (χ1) is 13.9. The van der Waals surface area contributed by atoms with Crippen molar-refractivity contribution in [1.82, 2.24) is 4.90 Å². The van der Waals surface area contributed by atoms with Gasteiger partial charge in [0, 0.05) is 28.8 Å². The number of carbonyl (C=O) groups excluding carboxylic acids is 2.